The zero-order valence-electron chi connectivity index (χ0n) is 11.0. The molecule has 0 bridgehead atoms. The van der Waals surface area contributed by atoms with Crippen LogP contribution in [0.15, 0.2) is 0 Å². The van der Waals surface area contributed by atoms with Gasteiger partial charge >= 0.3 is 0 Å². The molecule has 1 aromatic heterocycles. The average molecular weight is 272 g/mol. The van der Waals surface area contributed by atoms with Crippen LogP contribution in [-0.4, -0.2) is 36.0 Å². The summed E-state index contributed by atoms with van der Waals surface area (Å²) in [6, 6.07) is 0. The van der Waals surface area contributed by atoms with Crippen LogP contribution in [0.5, 0.6) is 0 Å². The van der Waals surface area contributed by atoms with Gasteiger partial charge in [0.25, 0.3) is 0 Å². The minimum absolute atomic E-state index is 0.427. The summed E-state index contributed by atoms with van der Waals surface area (Å²) in [6.07, 6.45) is 2.97. The molecule has 1 aliphatic rings. The SMILES string of the molecule is CC(C)(c1nnc2n1CCC(CN)C2)S(C)(=O)=O. The zero-order chi connectivity index (χ0) is 13.6. The molecule has 2 N–H and O–H groups in total. The second-order valence-corrected chi connectivity index (χ2v) is 8.03. The van der Waals surface area contributed by atoms with Crippen molar-refractivity contribution in [1.82, 2.24) is 14.8 Å². The molecule has 0 aromatic carbocycles. The molecule has 102 valence electrons. The Balaban J connectivity index is 2.42. The van der Waals surface area contributed by atoms with Gasteiger partial charge in [-0.05, 0) is 32.7 Å². The van der Waals surface area contributed by atoms with Crippen LogP contribution in [0.4, 0.5) is 0 Å². The molecular weight excluding hydrogens is 252 g/mol. The molecule has 0 fully saturated rings. The summed E-state index contributed by atoms with van der Waals surface area (Å²) in [6.45, 7) is 4.74. The number of sulfone groups is 1. The van der Waals surface area contributed by atoms with Crippen molar-refractivity contribution in [3.05, 3.63) is 11.6 Å². The van der Waals surface area contributed by atoms with Gasteiger partial charge in [0.15, 0.2) is 15.7 Å². The maximum absolute atomic E-state index is 11.9. The van der Waals surface area contributed by atoms with E-state index in [1.54, 1.807) is 13.8 Å². The van der Waals surface area contributed by atoms with Crippen molar-refractivity contribution in [2.75, 3.05) is 12.8 Å². The third-order valence-corrected chi connectivity index (χ3v) is 5.89. The van der Waals surface area contributed by atoms with E-state index in [9.17, 15) is 8.42 Å². The first kappa shape index (κ1) is 13.5. The van der Waals surface area contributed by atoms with Crippen molar-refractivity contribution in [2.24, 2.45) is 11.7 Å². The van der Waals surface area contributed by atoms with Gasteiger partial charge in [-0.25, -0.2) is 8.42 Å². The first-order chi connectivity index (χ1) is 8.27. The summed E-state index contributed by atoms with van der Waals surface area (Å²) >= 11 is 0. The minimum atomic E-state index is -3.23. The van der Waals surface area contributed by atoms with Crippen LogP contribution >= 0.6 is 0 Å². The predicted molar refractivity (Wildman–Crippen MR) is 68.8 cm³/mol. The van der Waals surface area contributed by atoms with Crippen LogP contribution in [0.1, 0.15) is 31.9 Å². The molecule has 0 saturated carbocycles. The second kappa shape index (κ2) is 4.31. The molecule has 7 heteroatoms. The lowest BCUT2D eigenvalue weighted by Crippen LogP contribution is -2.34. The van der Waals surface area contributed by atoms with Gasteiger partial charge in [0.1, 0.15) is 10.6 Å². The number of rotatable bonds is 3. The Bertz CT molecular complexity index is 547. The van der Waals surface area contributed by atoms with Crippen molar-refractivity contribution in [3.63, 3.8) is 0 Å². The smallest absolute Gasteiger partial charge is 0.159 e. The van der Waals surface area contributed by atoms with E-state index in [4.69, 9.17) is 5.73 Å². The average Bonchev–Trinajstić information content (AvgIpc) is 2.70. The van der Waals surface area contributed by atoms with Crippen LogP contribution in [0.3, 0.4) is 0 Å². The van der Waals surface area contributed by atoms with E-state index in [1.165, 1.54) is 6.26 Å². The first-order valence-corrected chi connectivity index (χ1v) is 7.98. The molecule has 1 unspecified atom stereocenters. The molecule has 0 aliphatic carbocycles. The molecule has 0 amide bonds. The molecular formula is C11H20N4O2S. The van der Waals surface area contributed by atoms with Crippen molar-refractivity contribution in [3.8, 4) is 0 Å². The van der Waals surface area contributed by atoms with Crippen LogP contribution < -0.4 is 5.73 Å². The monoisotopic (exact) mass is 272 g/mol. The topological polar surface area (TPSA) is 90.9 Å². The van der Waals surface area contributed by atoms with Crippen LogP contribution in [0, 0.1) is 5.92 Å². The largest absolute Gasteiger partial charge is 0.330 e. The van der Waals surface area contributed by atoms with Gasteiger partial charge in [0.05, 0.1) is 0 Å². The van der Waals surface area contributed by atoms with Crippen LogP contribution in [0.25, 0.3) is 0 Å². The minimum Gasteiger partial charge on any atom is -0.330 e. The lowest BCUT2D eigenvalue weighted by molar-refractivity contribution is 0.377. The van der Waals surface area contributed by atoms with Gasteiger partial charge in [-0.15, -0.1) is 10.2 Å². The summed E-state index contributed by atoms with van der Waals surface area (Å²) in [5, 5.41) is 8.23. The van der Waals surface area contributed by atoms with E-state index >= 15 is 0 Å². The quantitative estimate of drug-likeness (QED) is 0.841. The standard InChI is InChI=1S/C11H20N4O2S/c1-11(2,18(3,16)17)10-14-13-9-6-8(7-12)4-5-15(9)10/h8H,4-7,12H2,1-3H3. The van der Waals surface area contributed by atoms with E-state index in [0.717, 1.165) is 25.2 Å². The fourth-order valence-corrected chi connectivity index (χ4v) is 2.69. The molecule has 1 aromatic rings. The predicted octanol–water partition coefficient (Wildman–Crippen LogP) is 0.0789. The molecule has 0 spiro atoms. The van der Waals surface area contributed by atoms with E-state index < -0.39 is 14.6 Å². The van der Waals surface area contributed by atoms with E-state index in [-0.39, 0.29) is 0 Å². The van der Waals surface area contributed by atoms with Crippen molar-refractivity contribution in [1.29, 1.82) is 0 Å². The normalized spacial score (nSPS) is 20.8. The maximum Gasteiger partial charge on any atom is 0.159 e. The highest BCUT2D eigenvalue weighted by molar-refractivity contribution is 7.91. The fraction of sp³-hybridized carbons (Fsp3) is 0.818. The maximum atomic E-state index is 11.9. The highest BCUT2D eigenvalue weighted by atomic mass is 32.2. The molecule has 2 heterocycles. The number of hydrogen-bond acceptors (Lipinski definition) is 5. The number of aromatic nitrogens is 3. The Morgan fingerprint density at radius 3 is 2.67 bits per heavy atom. The third-order valence-electron chi connectivity index (χ3n) is 3.86. The molecule has 0 saturated heterocycles. The summed E-state index contributed by atoms with van der Waals surface area (Å²) in [5.41, 5.74) is 5.67. The number of nitrogens with zero attached hydrogens (tertiary/aromatic N) is 3. The van der Waals surface area contributed by atoms with Gasteiger partial charge in [-0.2, -0.15) is 0 Å². The molecule has 0 radical (unpaired) electrons. The Morgan fingerprint density at radius 1 is 1.44 bits per heavy atom. The Morgan fingerprint density at radius 2 is 2.11 bits per heavy atom. The van der Waals surface area contributed by atoms with Gasteiger partial charge < -0.3 is 10.3 Å². The van der Waals surface area contributed by atoms with Gasteiger partial charge in [0.2, 0.25) is 0 Å². The molecule has 6 nitrogen and oxygen atoms in total. The number of nitrogens with two attached hydrogens (primary N) is 1. The first-order valence-electron chi connectivity index (χ1n) is 6.09. The molecule has 18 heavy (non-hydrogen) atoms. The summed E-state index contributed by atoms with van der Waals surface area (Å²) < 4.78 is 24.6. The Kier molecular flexibility index (Phi) is 3.23. The van der Waals surface area contributed by atoms with Crippen LogP contribution in [-0.2, 0) is 27.5 Å². The highest BCUT2D eigenvalue weighted by Crippen LogP contribution is 2.30. The van der Waals surface area contributed by atoms with Crippen molar-refractivity contribution < 1.29 is 8.42 Å². The summed E-state index contributed by atoms with van der Waals surface area (Å²) in [4.78, 5) is 0. The Hall–Kier alpha value is -0.950. The molecule has 1 aliphatic heterocycles. The van der Waals surface area contributed by atoms with Gasteiger partial charge in [-0.3, -0.25) is 0 Å². The van der Waals surface area contributed by atoms with E-state index in [0.29, 0.717) is 18.3 Å². The van der Waals surface area contributed by atoms with Crippen molar-refractivity contribution in [2.45, 2.75) is 38.0 Å². The number of fused-ring (bicyclic) bond motifs is 1. The summed E-state index contributed by atoms with van der Waals surface area (Å²) in [5.74, 6) is 1.81. The Labute approximate surface area is 108 Å². The fourth-order valence-electron chi connectivity index (χ4n) is 2.21. The lowest BCUT2D eigenvalue weighted by Gasteiger charge is -2.27. The van der Waals surface area contributed by atoms with Crippen molar-refractivity contribution >= 4 is 9.84 Å². The third kappa shape index (κ3) is 2.05. The summed E-state index contributed by atoms with van der Waals surface area (Å²) in [7, 11) is -3.23. The molecule has 1 atom stereocenters. The second-order valence-electron chi connectivity index (χ2n) is 5.47. The lowest BCUT2D eigenvalue weighted by atomic mass is 9.98. The van der Waals surface area contributed by atoms with Crippen LogP contribution in [0.2, 0.25) is 0 Å². The highest BCUT2D eigenvalue weighted by Gasteiger charge is 2.39. The van der Waals surface area contributed by atoms with Gasteiger partial charge in [-0.1, -0.05) is 0 Å². The van der Waals surface area contributed by atoms with E-state index in [2.05, 4.69) is 10.2 Å². The van der Waals surface area contributed by atoms with Gasteiger partial charge in [0, 0.05) is 19.2 Å². The zero-order valence-corrected chi connectivity index (χ0v) is 11.9. The van der Waals surface area contributed by atoms with E-state index in [1.807, 2.05) is 4.57 Å². The number of hydrogen-bond donors (Lipinski definition) is 1. The molecule has 2 rings (SSSR count).